The maximum absolute atomic E-state index is 5.42. The van der Waals surface area contributed by atoms with Gasteiger partial charge in [-0.1, -0.05) is 64.6 Å². The summed E-state index contributed by atoms with van der Waals surface area (Å²) in [5.41, 5.74) is -2.46. The number of hydrogen-bond donors (Lipinski definition) is 1. The summed E-state index contributed by atoms with van der Waals surface area (Å²) < 4.78 is 10.8. The highest BCUT2D eigenvalue weighted by Gasteiger charge is 2.09. The summed E-state index contributed by atoms with van der Waals surface area (Å²) in [5, 5.41) is 0. The van der Waals surface area contributed by atoms with Crippen LogP contribution in [0.5, 0.6) is 0 Å². The first-order valence-electron chi connectivity index (χ1n) is 8.12. The smallest absolute Gasteiger partial charge is 0.344 e. The lowest BCUT2D eigenvalue weighted by Crippen LogP contribution is -1.79. The van der Waals surface area contributed by atoms with E-state index in [1.807, 2.05) is 12.2 Å². The van der Waals surface area contributed by atoms with Crippen molar-refractivity contribution in [2.24, 2.45) is 0 Å². The van der Waals surface area contributed by atoms with Gasteiger partial charge in [-0.05, 0) is 49.6 Å². The lowest BCUT2D eigenvalue weighted by atomic mass is 10.2. The Labute approximate surface area is 141 Å². The van der Waals surface area contributed by atoms with Crippen molar-refractivity contribution in [3.05, 3.63) is 24.7 Å². The molecule has 0 aliphatic rings. The van der Waals surface area contributed by atoms with Crippen molar-refractivity contribution < 1.29 is 9.05 Å². The zero-order chi connectivity index (χ0) is 15.8. The standard InChI is InChI=1S/C16H31O2PS2/c1-3-5-7-9-11-13-15-17-19(20,21)18-16-14-12-10-8-6-4-2/h13-16H,3-12H2,1-2H3,(H,20,21). The van der Waals surface area contributed by atoms with Crippen molar-refractivity contribution >= 4 is 29.7 Å². The third-order valence-corrected chi connectivity index (χ3v) is 4.89. The summed E-state index contributed by atoms with van der Waals surface area (Å²) in [5.74, 6) is 0. The maximum Gasteiger partial charge on any atom is 0.344 e. The van der Waals surface area contributed by atoms with E-state index < -0.39 is 5.69 Å². The van der Waals surface area contributed by atoms with Gasteiger partial charge in [-0.3, -0.25) is 0 Å². The molecular formula is C16H31O2PS2. The highest BCUT2D eigenvalue weighted by molar-refractivity contribution is 8.60. The number of allylic oxidation sites excluding steroid dienone is 2. The molecule has 0 fully saturated rings. The molecule has 21 heavy (non-hydrogen) atoms. The van der Waals surface area contributed by atoms with E-state index in [0.717, 1.165) is 12.8 Å². The fraction of sp³-hybridized carbons (Fsp3) is 0.750. The van der Waals surface area contributed by atoms with E-state index in [-0.39, 0.29) is 0 Å². The lowest BCUT2D eigenvalue weighted by molar-refractivity contribution is 0.421. The first kappa shape index (κ1) is 21.1. The normalized spacial score (nSPS) is 14.6. The van der Waals surface area contributed by atoms with Gasteiger partial charge in [0.25, 0.3) is 0 Å². The average molecular weight is 351 g/mol. The fourth-order valence-electron chi connectivity index (χ4n) is 1.78. The Balaban J connectivity index is 3.65. The van der Waals surface area contributed by atoms with Gasteiger partial charge in [-0.25, -0.2) is 0 Å². The van der Waals surface area contributed by atoms with Crippen molar-refractivity contribution in [2.75, 3.05) is 0 Å². The van der Waals surface area contributed by atoms with Crippen LogP contribution in [0.25, 0.3) is 0 Å². The van der Waals surface area contributed by atoms with Gasteiger partial charge < -0.3 is 9.05 Å². The third kappa shape index (κ3) is 16.3. The maximum atomic E-state index is 5.42. The van der Waals surface area contributed by atoms with Gasteiger partial charge in [0.05, 0.1) is 12.5 Å². The number of thiol groups is 1. The molecule has 0 atom stereocenters. The molecule has 0 aromatic rings. The van der Waals surface area contributed by atoms with Gasteiger partial charge in [0, 0.05) is 0 Å². The molecule has 0 aromatic carbocycles. The molecule has 2 nitrogen and oxygen atoms in total. The van der Waals surface area contributed by atoms with Crippen molar-refractivity contribution in [1.82, 2.24) is 0 Å². The lowest BCUT2D eigenvalue weighted by Gasteiger charge is -2.12. The molecule has 0 unspecified atom stereocenters. The Bertz CT molecular complexity index is 302. The molecule has 0 aliphatic carbocycles. The van der Waals surface area contributed by atoms with Crippen molar-refractivity contribution in [3.8, 4) is 0 Å². The first-order valence-corrected chi connectivity index (χ1v) is 11.9. The third-order valence-electron chi connectivity index (χ3n) is 3.03. The minimum atomic E-state index is -2.46. The molecule has 0 saturated carbocycles. The molecule has 0 aromatic heterocycles. The molecule has 5 heteroatoms. The molecule has 0 radical (unpaired) electrons. The zero-order valence-corrected chi connectivity index (χ0v) is 16.1. The van der Waals surface area contributed by atoms with E-state index >= 15 is 0 Å². The topological polar surface area (TPSA) is 18.5 Å². The largest absolute Gasteiger partial charge is 0.437 e. The van der Waals surface area contributed by atoms with Crippen LogP contribution in [0.1, 0.15) is 78.1 Å². The molecule has 0 spiro atoms. The molecule has 124 valence electrons. The van der Waals surface area contributed by atoms with Gasteiger partial charge in [-0.15, -0.1) is 0 Å². The van der Waals surface area contributed by atoms with Crippen LogP contribution in [0.3, 0.4) is 0 Å². The Morgan fingerprint density at radius 2 is 1.24 bits per heavy atom. The Kier molecular flexibility index (Phi) is 15.1. The Hall–Kier alpha value is 0.0800. The van der Waals surface area contributed by atoms with Crippen molar-refractivity contribution in [1.29, 1.82) is 0 Å². The predicted octanol–water partition coefficient (Wildman–Crippen LogP) is 7.14. The van der Waals surface area contributed by atoms with Crippen LogP contribution in [0.15, 0.2) is 24.7 Å². The Morgan fingerprint density at radius 1 is 0.810 bits per heavy atom. The minimum Gasteiger partial charge on any atom is -0.437 e. The van der Waals surface area contributed by atoms with E-state index in [2.05, 4.69) is 26.1 Å². The highest BCUT2D eigenvalue weighted by atomic mass is 32.9. The molecular weight excluding hydrogens is 319 g/mol. The van der Waals surface area contributed by atoms with Gasteiger partial charge in [0.2, 0.25) is 0 Å². The molecule has 0 saturated heterocycles. The molecule has 0 heterocycles. The van der Waals surface area contributed by atoms with E-state index in [9.17, 15) is 0 Å². The van der Waals surface area contributed by atoms with E-state index in [1.54, 1.807) is 12.5 Å². The van der Waals surface area contributed by atoms with Gasteiger partial charge in [0.15, 0.2) is 0 Å². The summed E-state index contributed by atoms with van der Waals surface area (Å²) in [6.45, 7) is 4.43. The van der Waals surface area contributed by atoms with Gasteiger partial charge >= 0.3 is 5.69 Å². The summed E-state index contributed by atoms with van der Waals surface area (Å²) in [7, 11) is 0. The number of hydrogen-bond acceptors (Lipinski definition) is 3. The van der Waals surface area contributed by atoms with Gasteiger partial charge in [0.1, 0.15) is 0 Å². The average Bonchev–Trinajstić information content (AvgIpc) is 2.45. The van der Waals surface area contributed by atoms with Crippen molar-refractivity contribution in [2.45, 2.75) is 78.1 Å². The van der Waals surface area contributed by atoms with Crippen LogP contribution in [0.2, 0.25) is 0 Å². The summed E-state index contributed by atoms with van der Waals surface area (Å²) in [6.07, 6.45) is 19.4. The SMILES string of the molecule is CCCCCCC=COP(=S)(S)OC=CCCCCCC. The van der Waals surface area contributed by atoms with Crippen LogP contribution < -0.4 is 0 Å². The van der Waals surface area contributed by atoms with Crippen LogP contribution in [0.4, 0.5) is 0 Å². The quantitative estimate of drug-likeness (QED) is 0.155. The Morgan fingerprint density at radius 3 is 1.62 bits per heavy atom. The van der Waals surface area contributed by atoms with E-state index in [4.69, 9.17) is 20.9 Å². The fourth-order valence-corrected chi connectivity index (χ4v) is 2.93. The van der Waals surface area contributed by atoms with E-state index in [0.29, 0.717) is 0 Å². The molecule has 0 amide bonds. The number of rotatable bonds is 14. The van der Waals surface area contributed by atoms with Gasteiger partial charge in [-0.2, -0.15) is 0 Å². The predicted molar refractivity (Wildman–Crippen MR) is 101 cm³/mol. The summed E-state index contributed by atoms with van der Waals surface area (Å²) in [4.78, 5) is 0. The molecule has 0 rings (SSSR count). The van der Waals surface area contributed by atoms with E-state index in [1.165, 1.54) is 51.4 Å². The number of unbranched alkanes of at least 4 members (excludes halogenated alkanes) is 8. The summed E-state index contributed by atoms with van der Waals surface area (Å²) in [6, 6.07) is 0. The summed E-state index contributed by atoms with van der Waals surface area (Å²) >= 11 is 9.49. The second kappa shape index (κ2) is 15.0. The molecule has 0 bridgehead atoms. The second-order valence-electron chi connectivity index (χ2n) is 5.12. The minimum absolute atomic E-state index is 1.02. The first-order chi connectivity index (χ1) is 10.1. The highest BCUT2D eigenvalue weighted by Crippen LogP contribution is 2.53. The molecule has 0 aliphatic heterocycles. The second-order valence-corrected chi connectivity index (χ2v) is 10.3. The zero-order valence-electron chi connectivity index (χ0n) is 13.5. The monoisotopic (exact) mass is 350 g/mol. The van der Waals surface area contributed by atoms with Crippen molar-refractivity contribution in [3.63, 3.8) is 0 Å². The van der Waals surface area contributed by atoms with Crippen LogP contribution in [-0.4, -0.2) is 0 Å². The molecule has 0 N–H and O–H groups in total. The van der Waals surface area contributed by atoms with Crippen LogP contribution in [-0.2, 0) is 20.9 Å². The van der Waals surface area contributed by atoms with Crippen LogP contribution in [0, 0.1) is 0 Å². The van der Waals surface area contributed by atoms with Crippen LogP contribution >= 0.6 is 17.9 Å².